The average Bonchev–Trinajstić information content (AvgIpc) is 2.32. The van der Waals surface area contributed by atoms with Crippen molar-refractivity contribution in [1.82, 2.24) is 0 Å². The molecule has 1 atom stereocenters. The number of hydrogen-bond acceptors (Lipinski definition) is 2. The lowest BCUT2D eigenvalue weighted by Crippen LogP contribution is -2.20. The van der Waals surface area contributed by atoms with Crippen LogP contribution in [0.25, 0.3) is 0 Å². The van der Waals surface area contributed by atoms with Crippen LogP contribution in [0.3, 0.4) is 0 Å². The lowest BCUT2D eigenvalue weighted by Gasteiger charge is -2.11. The lowest BCUT2D eigenvalue weighted by atomic mass is 10.1. The Morgan fingerprint density at radius 2 is 2.11 bits per heavy atom. The summed E-state index contributed by atoms with van der Waals surface area (Å²) in [5.74, 6) is -2.01. The second-order valence-corrected chi connectivity index (χ2v) is 4.56. The topological polar surface area (TPSA) is 66.4 Å². The van der Waals surface area contributed by atoms with E-state index >= 15 is 0 Å². The predicted molar refractivity (Wildman–Crippen MR) is 70.4 cm³/mol. The molecule has 0 bridgehead atoms. The highest BCUT2D eigenvalue weighted by molar-refractivity contribution is 5.92. The van der Waals surface area contributed by atoms with Crippen LogP contribution >= 0.6 is 0 Å². The Balaban J connectivity index is 2.73. The van der Waals surface area contributed by atoms with Gasteiger partial charge in [0.1, 0.15) is 5.82 Å². The second-order valence-electron chi connectivity index (χ2n) is 4.56. The van der Waals surface area contributed by atoms with Crippen LogP contribution in [0.5, 0.6) is 0 Å². The fourth-order valence-electron chi connectivity index (χ4n) is 1.76. The van der Waals surface area contributed by atoms with Gasteiger partial charge in [-0.25, -0.2) is 4.39 Å². The smallest absolute Gasteiger partial charge is 0.307 e. The molecular formula is C14H18FNO3. The number of carbonyl (C=O) groups excluding carboxylic acids is 1. The van der Waals surface area contributed by atoms with E-state index in [0.717, 1.165) is 18.9 Å². The lowest BCUT2D eigenvalue weighted by molar-refractivity contribution is -0.136. The molecule has 0 radical (unpaired) electrons. The second kappa shape index (κ2) is 6.87. The Bertz CT molecular complexity index is 474. The number of halogens is 1. The van der Waals surface area contributed by atoms with Crippen molar-refractivity contribution in [2.45, 2.75) is 33.1 Å². The zero-order valence-corrected chi connectivity index (χ0v) is 11.1. The van der Waals surface area contributed by atoms with Crippen LogP contribution in [-0.2, 0) is 16.0 Å². The number of carboxylic acids is 1. The van der Waals surface area contributed by atoms with Crippen LogP contribution in [0.2, 0.25) is 0 Å². The summed E-state index contributed by atoms with van der Waals surface area (Å²) in [7, 11) is 0. The van der Waals surface area contributed by atoms with Gasteiger partial charge in [0.2, 0.25) is 5.91 Å². The van der Waals surface area contributed by atoms with Gasteiger partial charge in [-0.1, -0.05) is 26.3 Å². The molecule has 2 N–H and O–H groups in total. The third-order valence-corrected chi connectivity index (χ3v) is 2.83. The van der Waals surface area contributed by atoms with Gasteiger partial charge in [0, 0.05) is 11.6 Å². The van der Waals surface area contributed by atoms with Crippen LogP contribution < -0.4 is 5.32 Å². The summed E-state index contributed by atoms with van der Waals surface area (Å²) >= 11 is 0. The van der Waals surface area contributed by atoms with Gasteiger partial charge in [0.15, 0.2) is 0 Å². The molecule has 0 aliphatic rings. The minimum atomic E-state index is -1.09. The van der Waals surface area contributed by atoms with E-state index in [9.17, 15) is 14.0 Å². The molecule has 0 fully saturated rings. The summed E-state index contributed by atoms with van der Waals surface area (Å²) in [6.45, 7) is 3.80. The van der Waals surface area contributed by atoms with Crippen LogP contribution in [0.4, 0.5) is 10.1 Å². The number of aliphatic carboxylic acids is 1. The maximum Gasteiger partial charge on any atom is 0.307 e. The first-order chi connectivity index (χ1) is 8.93. The average molecular weight is 267 g/mol. The molecule has 104 valence electrons. The number of carbonyl (C=O) groups is 2. The van der Waals surface area contributed by atoms with Gasteiger partial charge in [-0.05, 0) is 24.1 Å². The fraction of sp³-hybridized carbons (Fsp3) is 0.429. The van der Waals surface area contributed by atoms with Gasteiger partial charge in [0.05, 0.1) is 6.42 Å². The Hall–Kier alpha value is -1.91. The molecule has 0 aliphatic carbocycles. The molecular weight excluding hydrogens is 249 g/mol. The van der Waals surface area contributed by atoms with E-state index in [0.29, 0.717) is 5.69 Å². The van der Waals surface area contributed by atoms with Gasteiger partial charge < -0.3 is 10.4 Å². The molecule has 1 rings (SSSR count). The van der Waals surface area contributed by atoms with Crippen molar-refractivity contribution < 1.29 is 19.1 Å². The van der Waals surface area contributed by atoms with Crippen molar-refractivity contribution in [2.24, 2.45) is 5.92 Å². The number of carboxylic acid groups (broad SMARTS) is 1. The molecule has 0 aromatic heterocycles. The Morgan fingerprint density at radius 3 is 2.63 bits per heavy atom. The molecule has 0 saturated heterocycles. The molecule has 1 amide bonds. The Kier molecular flexibility index (Phi) is 5.48. The van der Waals surface area contributed by atoms with Crippen LogP contribution in [0, 0.1) is 11.7 Å². The molecule has 0 saturated carbocycles. The van der Waals surface area contributed by atoms with Crippen molar-refractivity contribution in [2.75, 3.05) is 5.32 Å². The highest BCUT2D eigenvalue weighted by atomic mass is 19.1. The minimum absolute atomic E-state index is 0.104. The number of anilines is 1. The molecule has 1 aromatic rings. The number of amides is 1. The van der Waals surface area contributed by atoms with Crippen LogP contribution in [-0.4, -0.2) is 17.0 Å². The van der Waals surface area contributed by atoms with Crippen molar-refractivity contribution in [3.63, 3.8) is 0 Å². The quantitative estimate of drug-likeness (QED) is 0.832. The Labute approximate surface area is 111 Å². The molecule has 19 heavy (non-hydrogen) atoms. The van der Waals surface area contributed by atoms with Crippen molar-refractivity contribution in [3.8, 4) is 0 Å². The van der Waals surface area contributed by atoms with Gasteiger partial charge in [-0.2, -0.15) is 0 Å². The molecule has 0 heterocycles. The number of hydrogen-bond donors (Lipinski definition) is 2. The van der Waals surface area contributed by atoms with Crippen molar-refractivity contribution >= 4 is 17.6 Å². The normalized spacial score (nSPS) is 11.9. The van der Waals surface area contributed by atoms with Gasteiger partial charge in [-0.15, -0.1) is 0 Å². The first-order valence-electron chi connectivity index (χ1n) is 6.25. The zero-order chi connectivity index (χ0) is 14.4. The summed E-state index contributed by atoms with van der Waals surface area (Å²) in [4.78, 5) is 22.3. The summed E-state index contributed by atoms with van der Waals surface area (Å²) in [6, 6.07) is 4.04. The monoisotopic (exact) mass is 267 g/mol. The standard InChI is InChI=1S/C14H18FNO3/c1-3-4-9(2)14(19)16-11-6-5-10(7-13(17)18)12(15)8-11/h5-6,8-9H,3-4,7H2,1-2H3,(H,16,19)(H,17,18). The molecule has 1 unspecified atom stereocenters. The molecule has 0 aliphatic heterocycles. The van der Waals surface area contributed by atoms with E-state index in [1.165, 1.54) is 12.1 Å². The maximum absolute atomic E-state index is 13.6. The number of benzene rings is 1. The summed E-state index contributed by atoms with van der Waals surface area (Å²) < 4.78 is 13.6. The van der Waals surface area contributed by atoms with E-state index in [1.54, 1.807) is 0 Å². The number of rotatable bonds is 6. The minimum Gasteiger partial charge on any atom is -0.481 e. The highest BCUT2D eigenvalue weighted by Crippen LogP contribution is 2.17. The zero-order valence-electron chi connectivity index (χ0n) is 11.1. The van der Waals surface area contributed by atoms with E-state index in [2.05, 4.69) is 5.32 Å². The fourth-order valence-corrected chi connectivity index (χ4v) is 1.76. The molecule has 0 spiro atoms. The van der Waals surface area contributed by atoms with Crippen LogP contribution in [0.15, 0.2) is 18.2 Å². The summed E-state index contributed by atoms with van der Waals surface area (Å²) in [5, 5.41) is 11.2. The molecule has 4 nitrogen and oxygen atoms in total. The molecule has 1 aromatic carbocycles. The van der Waals surface area contributed by atoms with E-state index in [4.69, 9.17) is 5.11 Å². The van der Waals surface area contributed by atoms with Crippen LogP contribution in [0.1, 0.15) is 32.3 Å². The Morgan fingerprint density at radius 1 is 1.42 bits per heavy atom. The van der Waals surface area contributed by atoms with Gasteiger partial charge >= 0.3 is 5.97 Å². The first-order valence-corrected chi connectivity index (χ1v) is 6.25. The van der Waals surface area contributed by atoms with E-state index in [1.807, 2.05) is 13.8 Å². The van der Waals surface area contributed by atoms with E-state index in [-0.39, 0.29) is 23.8 Å². The predicted octanol–water partition coefficient (Wildman–Crippen LogP) is 2.83. The third-order valence-electron chi connectivity index (χ3n) is 2.83. The highest BCUT2D eigenvalue weighted by Gasteiger charge is 2.13. The summed E-state index contributed by atoms with van der Waals surface area (Å²) in [5.41, 5.74) is 0.451. The van der Waals surface area contributed by atoms with Gasteiger partial charge in [0.25, 0.3) is 0 Å². The number of nitrogens with one attached hydrogen (secondary N) is 1. The maximum atomic E-state index is 13.6. The largest absolute Gasteiger partial charge is 0.481 e. The van der Waals surface area contributed by atoms with E-state index < -0.39 is 11.8 Å². The molecule has 5 heteroatoms. The van der Waals surface area contributed by atoms with Crippen molar-refractivity contribution in [1.29, 1.82) is 0 Å². The van der Waals surface area contributed by atoms with Crippen molar-refractivity contribution in [3.05, 3.63) is 29.6 Å². The van der Waals surface area contributed by atoms with Gasteiger partial charge in [-0.3, -0.25) is 9.59 Å². The third kappa shape index (κ3) is 4.69. The first kappa shape index (κ1) is 15.1. The SMILES string of the molecule is CCCC(C)C(=O)Nc1ccc(CC(=O)O)c(F)c1. The summed E-state index contributed by atoms with van der Waals surface area (Å²) in [6.07, 6.45) is 1.30.